The van der Waals surface area contributed by atoms with Gasteiger partial charge in [0.2, 0.25) is 5.91 Å². The SMILES string of the molecule is CC(CNCC(=O)NCc1ccccc1)c1ccccc1. The first kappa shape index (κ1) is 15.3. The van der Waals surface area contributed by atoms with Crippen molar-refractivity contribution < 1.29 is 4.79 Å². The fraction of sp³-hybridized carbons (Fsp3) is 0.278. The molecule has 2 aromatic rings. The summed E-state index contributed by atoms with van der Waals surface area (Å²) in [5, 5.41) is 6.12. The molecule has 0 aliphatic rings. The van der Waals surface area contributed by atoms with Gasteiger partial charge in [-0.15, -0.1) is 0 Å². The van der Waals surface area contributed by atoms with E-state index < -0.39 is 0 Å². The molecular weight excluding hydrogens is 260 g/mol. The average Bonchev–Trinajstić information content (AvgIpc) is 2.54. The topological polar surface area (TPSA) is 41.1 Å². The number of benzene rings is 2. The maximum atomic E-state index is 11.8. The summed E-state index contributed by atoms with van der Waals surface area (Å²) in [7, 11) is 0. The summed E-state index contributed by atoms with van der Waals surface area (Å²) in [4.78, 5) is 11.8. The summed E-state index contributed by atoms with van der Waals surface area (Å²) in [6, 6.07) is 20.2. The van der Waals surface area contributed by atoms with Gasteiger partial charge in [-0.05, 0) is 17.0 Å². The van der Waals surface area contributed by atoms with E-state index in [-0.39, 0.29) is 5.91 Å². The molecule has 0 saturated heterocycles. The number of carbonyl (C=O) groups is 1. The average molecular weight is 282 g/mol. The summed E-state index contributed by atoms with van der Waals surface area (Å²) in [5.74, 6) is 0.423. The minimum absolute atomic E-state index is 0.0270. The summed E-state index contributed by atoms with van der Waals surface area (Å²) in [5.41, 5.74) is 2.40. The van der Waals surface area contributed by atoms with Gasteiger partial charge in [-0.25, -0.2) is 0 Å². The molecule has 1 atom stereocenters. The molecule has 0 saturated carbocycles. The minimum atomic E-state index is 0.0270. The molecular formula is C18H22N2O. The van der Waals surface area contributed by atoms with Crippen LogP contribution in [0.5, 0.6) is 0 Å². The van der Waals surface area contributed by atoms with Crippen LogP contribution in [0, 0.1) is 0 Å². The largest absolute Gasteiger partial charge is 0.351 e. The normalized spacial score (nSPS) is 11.9. The van der Waals surface area contributed by atoms with Crippen LogP contribution < -0.4 is 10.6 Å². The Kier molecular flexibility index (Phi) is 5.98. The van der Waals surface area contributed by atoms with Gasteiger partial charge in [-0.3, -0.25) is 4.79 Å². The minimum Gasteiger partial charge on any atom is -0.351 e. The predicted molar refractivity (Wildman–Crippen MR) is 86.0 cm³/mol. The third-order valence-electron chi connectivity index (χ3n) is 3.44. The van der Waals surface area contributed by atoms with Crippen molar-refractivity contribution in [3.05, 3.63) is 71.8 Å². The Hall–Kier alpha value is -2.13. The monoisotopic (exact) mass is 282 g/mol. The number of nitrogens with one attached hydrogen (secondary N) is 2. The summed E-state index contributed by atoms with van der Waals surface area (Å²) < 4.78 is 0. The molecule has 3 nitrogen and oxygen atoms in total. The van der Waals surface area contributed by atoms with Gasteiger partial charge in [-0.1, -0.05) is 67.6 Å². The second-order valence-electron chi connectivity index (χ2n) is 5.20. The highest BCUT2D eigenvalue weighted by Crippen LogP contribution is 2.12. The van der Waals surface area contributed by atoms with Crippen LogP contribution in [-0.2, 0) is 11.3 Å². The van der Waals surface area contributed by atoms with Gasteiger partial charge < -0.3 is 10.6 Å². The molecule has 2 rings (SSSR count). The van der Waals surface area contributed by atoms with Crippen LogP contribution in [-0.4, -0.2) is 19.0 Å². The Morgan fingerprint density at radius 1 is 1.00 bits per heavy atom. The summed E-state index contributed by atoms with van der Waals surface area (Å²) in [6.07, 6.45) is 0. The Balaban J connectivity index is 1.65. The third-order valence-corrected chi connectivity index (χ3v) is 3.44. The Morgan fingerprint density at radius 2 is 1.62 bits per heavy atom. The number of rotatable bonds is 7. The molecule has 1 unspecified atom stereocenters. The van der Waals surface area contributed by atoms with E-state index in [1.54, 1.807) is 0 Å². The van der Waals surface area contributed by atoms with Gasteiger partial charge in [0, 0.05) is 13.1 Å². The first-order chi connectivity index (χ1) is 10.3. The van der Waals surface area contributed by atoms with Crippen LogP contribution in [0.1, 0.15) is 24.0 Å². The molecule has 0 aliphatic heterocycles. The zero-order valence-corrected chi connectivity index (χ0v) is 12.4. The van der Waals surface area contributed by atoms with Gasteiger partial charge in [0.25, 0.3) is 0 Å². The van der Waals surface area contributed by atoms with Crippen LogP contribution in [0.4, 0.5) is 0 Å². The van der Waals surface area contributed by atoms with Gasteiger partial charge in [0.05, 0.1) is 6.54 Å². The second-order valence-corrected chi connectivity index (χ2v) is 5.20. The number of carbonyl (C=O) groups excluding carboxylic acids is 1. The molecule has 0 radical (unpaired) electrons. The van der Waals surface area contributed by atoms with E-state index >= 15 is 0 Å². The molecule has 0 bridgehead atoms. The lowest BCUT2D eigenvalue weighted by Gasteiger charge is -2.13. The zero-order chi connectivity index (χ0) is 14.9. The lowest BCUT2D eigenvalue weighted by molar-refractivity contribution is -0.120. The molecule has 0 aromatic heterocycles. The molecule has 2 N–H and O–H groups in total. The van der Waals surface area contributed by atoms with E-state index in [0.717, 1.165) is 12.1 Å². The standard InChI is InChI=1S/C18H22N2O/c1-15(17-10-6-3-7-11-17)12-19-14-18(21)20-13-16-8-4-2-5-9-16/h2-11,15,19H,12-14H2,1H3,(H,20,21). The Morgan fingerprint density at radius 3 is 2.29 bits per heavy atom. The van der Waals surface area contributed by atoms with Crippen LogP contribution in [0.15, 0.2) is 60.7 Å². The van der Waals surface area contributed by atoms with Crippen molar-refractivity contribution in [3.63, 3.8) is 0 Å². The highest BCUT2D eigenvalue weighted by Gasteiger charge is 2.06. The van der Waals surface area contributed by atoms with Gasteiger partial charge in [0.15, 0.2) is 0 Å². The first-order valence-electron chi connectivity index (χ1n) is 7.32. The third kappa shape index (κ3) is 5.40. The lowest BCUT2D eigenvalue weighted by Crippen LogP contribution is -2.35. The van der Waals surface area contributed by atoms with Crippen molar-refractivity contribution >= 4 is 5.91 Å². The van der Waals surface area contributed by atoms with Crippen LogP contribution in [0.25, 0.3) is 0 Å². The van der Waals surface area contributed by atoms with Crippen molar-refractivity contribution in [1.82, 2.24) is 10.6 Å². The van der Waals surface area contributed by atoms with Crippen molar-refractivity contribution in [2.75, 3.05) is 13.1 Å². The van der Waals surface area contributed by atoms with Crippen molar-refractivity contribution in [2.45, 2.75) is 19.4 Å². The van der Waals surface area contributed by atoms with E-state index in [0.29, 0.717) is 19.0 Å². The highest BCUT2D eigenvalue weighted by atomic mass is 16.1. The molecule has 0 spiro atoms. The van der Waals surface area contributed by atoms with Gasteiger partial charge in [-0.2, -0.15) is 0 Å². The first-order valence-corrected chi connectivity index (χ1v) is 7.32. The van der Waals surface area contributed by atoms with Crippen molar-refractivity contribution in [2.24, 2.45) is 0 Å². The molecule has 110 valence electrons. The van der Waals surface area contributed by atoms with E-state index in [1.165, 1.54) is 5.56 Å². The van der Waals surface area contributed by atoms with Crippen molar-refractivity contribution in [3.8, 4) is 0 Å². The van der Waals surface area contributed by atoms with E-state index in [1.807, 2.05) is 48.5 Å². The molecule has 2 aromatic carbocycles. The maximum Gasteiger partial charge on any atom is 0.234 e. The summed E-state index contributed by atoms with van der Waals surface area (Å²) >= 11 is 0. The lowest BCUT2D eigenvalue weighted by atomic mass is 10.0. The van der Waals surface area contributed by atoms with Crippen LogP contribution in [0.3, 0.4) is 0 Å². The highest BCUT2D eigenvalue weighted by molar-refractivity contribution is 5.77. The molecule has 0 fully saturated rings. The fourth-order valence-corrected chi connectivity index (χ4v) is 2.16. The van der Waals surface area contributed by atoms with Gasteiger partial charge in [0.1, 0.15) is 0 Å². The molecule has 0 aliphatic carbocycles. The molecule has 21 heavy (non-hydrogen) atoms. The predicted octanol–water partition coefficient (Wildman–Crippen LogP) is 2.70. The Bertz CT molecular complexity index is 540. The van der Waals surface area contributed by atoms with E-state index in [4.69, 9.17) is 0 Å². The van der Waals surface area contributed by atoms with E-state index in [2.05, 4.69) is 29.7 Å². The van der Waals surface area contributed by atoms with Crippen molar-refractivity contribution in [1.29, 1.82) is 0 Å². The zero-order valence-electron chi connectivity index (χ0n) is 12.4. The molecule has 1 amide bonds. The number of hydrogen-bond acceptors (Lipinski definition) is 2. The second kappa shape index (κ2) is 8.22. The maximum absolute atomic E-state index is 11.8. The number of hydrogen-bond donors (Lipinski definition) is 2. The molecule has 0 heterocycles. The fourth-order valence-electron chi connectivity index (χ4n) is 2.16. The smallest absolute Gasteiger partial charge is 0.234 e. The van der Waals surface area contributed by atoms with Gasteiger partial charge >= 0.3 is 0 Å². The van der Waals surface area contributed by atoms with Crippen LogP contribution >= 0.6 is 0 Å². The quantitative estimate of drug-likeness (QED) is 0.820. The van der Waals surface area contributed by atoms with E-state index in [9.17, 15) is 4.79 Å². The Labute approximate surface area is 126 Å². The van der Waals surface area contributed by atoms with Crippen LogP contribution in [0.2, 0.25) is 0 Å². The molecule has 3 heteroatoms. The summed E-state index contributed by atoms with van der Waals surface area (Å²) in [6.45, 7) is 3.88. The number of amides is 1.